The molecule has 5 heterocycles. The summed E-state index contributed by atoms with van der Waals surface area (Å²) in [5, 5.41) is 25.4. The fourth-order valence-corrected chi connectivity index (χ4v) is 8.36. The molecule has 2 atom stereocenters. The number of nitrogens with zero attached hydrogens (tertiary/aromatic N) is 4. The minimum atomic E-state index is -0.185. The van der Waals surface area contributed by atoms with Gasteiger partial charge in [-0.1, -0.05) is 90.2 Å². The molecule has 0 fully saturated rings. The van der Waals surface area contributed by atoms with Gasteiger partial charge in [-0.25, -0.2) is 9.98 Å². The molecule has 8 bridgehead atoms. The number of hydrogen-bond acceptors (Lipinski definition) is 7. The summed E-state index contributed by atoms with van der Waals surface area (Å²) in [6, 6.07) is 0. The second kappa shape index (κ2) is 18.3. The van der Waals surface area contributed by atoms with Crippen molar-refractivity contribution in [3.05, 3.63) is 73.4 Å². The van der Waals surface area contributed by atoms with Gasteiger partial charge in [-0.2, -0.15) is 0 Å². The molecule has 1 N–H and O–H groups in total. The molecule has 6 rings (SSSR count). The smallest absolute Gasteiger partial charge is 0.875 e. The van der Waals surface area contributed by atoms with Crippen LogP contribution in [0, 0.1) is 18.8 Å². The van der Waals surface area contributed by atoms with Crippen LogP contribution in [0.1, 0.15) is 136 Å². The number of esters is 1. The van der Waals surface area contributed by atoms with Crippen molar-refractivity contribution in [1.29, 1.82) is 0 Å². The van der Waals surface area contributed by atoms with Crippen LogP contribution in [0.15, 0.2) is 66.5 Å². The third-order valence-corrected chi connectivity index (χ3v) is 11.6. The number of fused-ring (bicyclic) bond motifs is 5. The van der Waals surface area contributed by atoms with Crippen LogP contribution in [0.5, 0.6) is 0 Å². The Morgan fingerprint density at radius 1 is 0.887 bits per heavy atom. The van der Waals surface area contributed by atoms with Crippen LogP contribution in [0.2, 0.25) is 0 Å². The number of allylic oxidation sites excluding steroid dienone is 6. The van der Waals surface area contributed by atoms with Gasteiger partial charge in [0.05, 0.1) is 36.0 Å². The first-order chi connectivity index (χ1) is 25.2. The normalized spacial score (nSPS) is 20.4. The molecule has 0 aromatic carbocycles. The van der Waals surface area contributed by atoms with Crippen molar-refractivity contribution in [2.45, 2.75) is 131 Å². The van der Waals surface area contributed by atoms with E-state index in [1.807, 2.05) is 32.1 Å². The molecule has 5 aliphatic rings. The fraction of sp³-hybridized carbons (Fsp3) is 0.545. The summed E-state index contributed by atoms with van der Waals surface area (Å²) in [5.41, 5.74) is 11.2. The van der Waals surface area contributed by atoms with Gasteiger partial charge in [0.2, 0.25) is 0 Å². The summed E-state index contributed by atoms with van der Waals surface area (Å²) in [4.78, 5) is 33.4. The van der Waals surface area contributed by atoms with E-state index in [1.165, 1.54) is 51.4 Å². The van der Waals surface area contributed by atoms with Gasteiger partial charge in [-0.05, 0) is 86.1 Å². The number of hydrogen-bond donors (Lipinski definition) is 1. The van der Waals surface area contributed by atoms with Gasteiger partial charge in [0.25, 0.3) is 0 Å². The van der Waals surface area contributed by atoms with Crippen molar-refractivity contribution in [2.75, 3.05) is 13.2 Å². The Morgan fingerprint density at radius 3 is 2.17 bits per heavy atom. The van der Waals surface area contributed by atoms with Crippen LogP contribution < -0.4 is 20.7 Å². The summed E-state index contributed by atoms with van der Waals surface area (Å²) in [6.45, 7) is 12.9. The van der Waals surface area contributed by atoms with Gasteiger partial charge in [0, 0.05) is 35.2 Å². The van der Waals surface area contributed by atoms with Crippen molar-refractivity contribution in [2.24, 2.45) is 26.8 Å². The first kappa shape index (κ1) is 40.8. The maximum absolute atomic E-state index is 13.6. The molecule has 0 unspecified atom stereocenters. The number of carbonyl (C=O) groups excluding carboxylic acids is 1. The van der Waals surface area contributed by atoms with E-state index in [4.69, 9.17) is 24.7 Å². The molecule has 4 aliphatic heterocycles. The summed E-state index contributed by atoms with van der Waals surface area (Å²) in [7, 11) is 0. The molecule has 0 radical (unpaired) electrons. The van der Waals surface area contributed by atoms with E-state index in [1.54, 1.807) is 0 Å². The summed E-state index contributed by atoms with van der Waals surface area (Å²) in [6.07, 6.45) is 20.2. The maximum Gasteiger partial charge on any atom is 2.00 e. The molecule has 53 heavy (non-hydrogen) atoms. The predicted octanol–water partition coefficient (Wildman–Crippen LogP) is 6.99. The Hall–Kier alpha value is -3.42. The second-order valence-electron chi connectivity index (χ2n) is 15.1. The molecule has 0 saturated heterocycles. The minimum Gasteiger partial charge on any atom is -0.875 e. The van der Waals surface area contributed by atoms with Gasteiger partial charge < -0.3 is 19.9 Å². The first-order valence-electron chi connectivity index (χ1n) is 19.8. The molecule has 9 heteroatoms. The molecule has 1 aromatic heterocycles. The van der Waals surface area contributed by atoms with E-state index in [0.717, 1.165) is 86.9 Å². The average molecular weight is 770 g/mol. The van der Waals surface area contributed by atoms with Crippen LogP contribution in [-0.4, -0.2) is 41.4 Å². The van der Waals surface area contributed by atoms with Crippen molar-refractivity contribution in [3.63, 3.8) is 0 Å². The van der Waals surface area contributed by atoms with Gasteiger partial charge in [-0.15, -0.1) is 16.8 Å². The molecule has 0 saturated carbocycles. The van der Waals surface area contributed by atoms with E-state index < -0.39 is 0 Å². The summed E-state index contributed by atoms with van der Waals surface area (Å²) in [5.74, 6) is -0.240. The first-order valence-corrected chi connectivity index (χ1v) is 19.8. The third-order valence-electron chi connectivity index (χ3n) is 11.6. The van der Waals surface area contributed by atoms with E-state index >= 15 is 0 Å². The number of unbranched alkanes of at least 4 members (excludes halogenated alkanes) is 9. The van der Waals surface area contributed by atoms with Gasteiger partial charge >= 0.3 is 25.4 Å². The summed E-state index contributed by atoms with van der Waals surface area (Å²) < 4.78 is 5.70. The van der Waals surface area contributed by atoms with Crippen LogP contribution in [0.25, 0.3) is 17.4 Å². The van der Waals surface area contributed by atoms with Crippen molar-refractivity contribution in [3.8, 4) is 0 Å². The number of aromatic nitrogens is 1. The molecule has 0 amide bonds. The van der Waals surface area contributed by atoms with E-state index in [2.05, 4.69) is 27.7 Å². The zero-order chi connectivity index (χ0) is 36.9. The van der Waals surface area contributed by atoms with Gasteiger partial charge in [0.15, 0.2) is 0 Å². The molecular weight excluding hydrogens is 714 g/mol. The average Bonchev–Trinajstić information content (AvgIpc) is 3.88. The number of aliphatic hydroxyl groups excluding tert-OH is 1. The zero-order valence-corrected chi connectivity index (χ0v) is 35.8. The van der Waals surface area contributed by atoms with Crippen molar-refractivity contribution >= 4 is 40.5 Å². The Bertz CT molecular complexity index is 1980. The van der Waals surface area contributed by atoms with Crippen LogP contribution in [0.3, 0.4) is 0 Å². The maximum atomic E-state index is 13.6. The number of aliphatic hydroxyl groups is 1. The SMILES string of the molecule is CCCCCCCCCCCCOC(=O)CC[C@@H]1C2=NC(=CC3=NC(=CC4=NC(=Cc5[n-]c6c(c5C)=C([O-])CC=62)C(CC)=C4C)C(CO)=C3C)[C@H]1C.[Zn+2]. The molecular formula is C44H56N4O4Zn. The number of rotatable bonds is 16. The van der Waals surface area contributed by atoms with Crippen molar-refractivity contribution in [1.82, 2.24) is 4.98 Å². The monoisotopic (exact) mass is 768 g/mol. The number of carbonyl (C=O) groups is 1. The second-order valence-corrected chi connectivity index (χ2v) is 15.1. The van der Waals surface area contributed by atoms with Crippen molar-refractivity contribution < 1.29 is 39.2 Å². The molecule has 0 spiro atoms. The minimum absolute atomic E-state index is 0. The van der Waals surface area contributed by atoms with Crippen LogP contribution >= 0.6 is 0 Å². The zero-order valence-electron chi connectivity index (χ0n) is 32.9. The van der Waals surface area contributed by atoms with Gasteiger partial charge in [0.1, 0.15) is 0 Å². The summed E-state index contributed by atoms with van der Waals surface area (Å²) >= 11 is 0. The van der Waals surface area contributed by atoms with Gasteiger partial charge in [-0.3, -0.25) is 9.79 Å². The Kier molecular flexibility index (Phi) is 14.1. The Labute approximate surface area is 328 Å². The predicted molar refractivity (Wildman–Crippen MR) is 209 cm³/mol. The Balaban J connectivity index is 0.00000541. The van der Waals surface area contributed by atoms with Crippen LogP contribution in [0.4, 0.5) is 0 Å². The molecule has 1 aliphatic carbocycles. The fourth-order valence-electron chi connectivity index (χ4n) is 8.36. The molecule has 278 valence electrons. The van der Waals surface area contributed by atoms with E-state index in [0.29, 0.717) is 29.3 Å². The number of ether oxygens (including phenoxy) is 1. The van der Waals surface area contributed by atoms with E-state index in [-0.39, 0.29) is 62.5 Å². The van der Waals surface area contributed by atoms with Crippen LogP contribution in [-0.2, 0) is 29.0 Å². The molecule has 1 aromatic rings. The van der Waals surface area contributed by atoms with E-state index in [9.17, 15) is 15.0 Å². The Morgan fingerprint density at radius 2 is 1.51 bits per heavy atom. The molecule has 8 nitrogen and oxygen atoms in total. The largest absolute Gasteiger partial charge is 2.00 e. The third kappa shape index (κ3) is 8.62. The standard InChI is InChI=1S/C44H57N4O4.Zn/c1-7-9-10-11-12-13-14-15-16-17-20-52-41(51)19-18-31-27(4)36-22-34-28(5)33(25-49)39(46-34)23-35-26(3)30(8-2)38(45-35)24-37-29(6)42-40(50)21-32(43(31)47-36)44(42)48-37;/h22-24,27,31,49H,7-21,25H2,1-6H3,(H-,45,46,47,48,50);/q-1;+2/p-1/t27-,31-;/m0./s1. The number of aliphatic imine (C=N–C) groups is 3. The quantitative estimate of drug-likeness (QED) is 0.110. The topological polar surface area (TPSA) is 121 Å².